The van der Waals surface area contributed by atoms with E-state index in [1.165, 1.54) is 13.0 Å². The smallest absolute Gasteiger partial charge is 0.216 e. The first-order valence-corrected chi connectivity index (χ1v) is 8.39. The molecular formula is C23H21N2O+. The summed E-state index contributed by atoms with van der Waals surface area (Å²) in [5.74, 6) is -1.92. The molecule has 1 unspecified atom stereocenters. The van der Waals surface area contributed by atoms with Crippen LogP contribution in [-0.2, 0) is 7.05 Å². The summed E-state index contributed by atoms with van der Waals surface area (Å²) >= 11 is 0. The maximum atomic E-state index is 8.61. The lowest BCUT2D eigenvalue weighted by atomic mass is 9.97. The Morgan fingerprint density at radius 1 is 1.19 bits per heavy atom. The number of benzene rings is 2. The van der Waals surface area contributed by atoms with Crippen molar-refractivity contribution in [2.45, 2.75) is 26.6 Å². The zero-order valence-corrected chi connectivity index (χ0v) is 14.9. The topological polar surface area (TPSA) is 21.4 Å². The van der Waals surface area contributed by atoms with E-state index in [-0.39, 0.29) is 11.3 Å². The molecule has 1 atom stereocenters. The fraction of sp³-hybridized carbons (Fsp3) is 0.217. The minimum Gasteiger partial charge on any atom is -0.455 e. The van der Waals surface area contributed by atoms with Gasteiger partial charge in [-0.2, -0.15) is 0 Å². The van der Waals surface area contributed by atoms with Crippen molar-refractivity contribution < 1.29 is 14.5 Å². The monoisotopic (exact) mass is 345 g/mol. The number of rotatable bonds is 2. The van der Waals surface area contributed by atoms with Gasteiger partial charge in [-0.05, 0) is 42.1 Å². The second-order valence-electron chi connectivity index (χ2n) is 6.54. The Balaban J connectivity index is 2.18. The maximum absolute atomic E-state index is 8.61. The van der Waals surface area contributed by atoms with Crippen molar-refractivity contribution in [3.63, 3.8) is 0 Å². The van der Waals surface area contributed by atoms with Crippen LogP contribution < -0.4 is 4.57 Å². The molecule has 0 aliphatic carbocycles. The Bertz CT molecular complexity index is 1340. The number of aromatic nitrogens is 1. The largest absolute Gasteiger partial charge is 0.455 e. The quantitative estimate of drug-likeness (QED) is 0.319. The molecular weight excluding hydrogens is 320 g/mol. The van der Waals surface area contributed by atoms with Gasteiger partial charge in [0.1, 0.15) is 18.2 Å². The molecule has 0 amide bonds. The van der Waals surface area contributed by atoms with Crippen molar-refractivity contribution in [1.29, 1.82) is 0 Å². The number of fused-ring (bicyclic) bond motifs is 3. The Morgan fingerprint density at radius 2 is 2.04 bits per heavy atom. The summed E-state index contributed by atoms with van der Waals surface area (Å²) in [5.41, 5.74) is 4.32. The zero-order chi connectivity index (χ0) is 21.8. The van der Waals surface area contributed by atoms with Gasteiger partial charge < -0.3 is 4.42 Å². The summed E-state index contributed by atoms with van der Waals surface area (Å²) in [6.07, 6.45) is 1.95. The lowest BCUT2D eigenvalue weighted by Gasteiger charge is -2.06. The second kappa shape index (κ2) is 6.00. The molecule has 0 aliphatic rings. The summed E-state index contributed by atoms with van der Waals surface area (Å²) < 4.78 is 40.5. The standard InChI is InChI=1S/C23H21N2O/c1-14(2)18-12-16(24-4)13-19-17-10-9-15(3)21(23(17)26-22(18)19)20-8-6-7-11-25(20)5/h6-14H,1-3,5H3/q+1/i1D3,14D. The lowest BCUT2D eigenvalue weighted by Crippen LogP contribution is -2.30. The summed E-state index contributed by atoms with van der Waals surface area (Å²) in [6, 6.07) is 13.0. The van der Waals surface area contributed by atoms with Crippen LogP contribution >= 0.6 is 0 Å². The number of hydrogen-bond acceptors (Lipinski definition) is 1. The first kappa shape index (κ1) is 12.3. The SMILES string of the molecule is [2H]C([2H])([2H])C([2H])(C)c1cc([N+]#[C-])cc2c1oc1c(-c3cccc[n+]3C)c(C)ccc12. The molecule has 2 aromatic carbocycles. The maximum Gasteiger partial charge on any atom is 0.216 e. The van der Waals surface area contributed by atoms with Crippen LogP contribution in [0.25, 0.3) is 38.0 Å². The molecule has 0 saturated carbocycles. The van der Waals surface area contributed by atoms with Crippen molar-refractivity contribution in [2.24, 2.45) is 7.05 Å². The molecule has 2 heterocycles. The van der Waals surface area contributed by atoms with Crippen molar-refractivity contribution in [2.75, 3.05) is 0 Å². The molecule has 2 aromatic heterocycles. The van der Waals surface area contributed by atoms with Crippen molar-refractivity contribution >= 4 is 27.6 Å². The summed E-state index contributed by atoms with van der Waals surface area (Å²) in [4.78, 5) is 3.51. The van der Waals surface area contributed by atoms with Crippen LogP contribution in [0.3, 0.4) is 0 Å². The molecule has 0 spiro atoms. The summed E-state index contributed by atoms with van der Waals surface area (Å²) in [6.45, 7) is 8.23. The summed E-state index contributed by atoms with van der Waals surface area (Å²) in [5, 5.41) is 1.44. The third-order valence-corrected chi connectivity index (χ3v) is 4.78. The summed E-state index contributed by atoms with van der Waals surface area (Å²) in [7, 11) is 1.95. The van der Waals surface area contributed by atoms with Gasteiger partial charge in [-0.1, -0.05) is 25.9 Å². The number of hydrogen-bond donors (Lipinski definition) is 0. The van der Waals surface area contributed by atoms with Gasteiger partial charge in [0, 0.05) is 28.4 Å². The Kier molecular flexibility index (Phi) is 2.83. The molecule has 0 bridgehead atoms. The minimum atomic E-state index is -2.58. The molecule has 0 saturated heterocycles. The molecule has 0 aliphatic heterocycles. The Morgan fingerprint density at radius 3 is 2.77 bits per heavy atom. The molecule has 0 fully saturated rings. The number of aryl methyl sites for hydroxylation is 2. The number of nitrogens with zero attached hydrogens (tertiary/aromatic N) is 2. The predicted octanol–water partition coefficient (Wildman–Crippen LogP) is 6.06. The van der Waals surface area contributed by atoms with Gasteiger partial charge in [0.15, 0.2) is 11.9 Å². The van der Waals surface area contributed by atoms with Crippen LogP contribution in [0.1, 0.15) is 36.3 Å². The van der Waals surface area contributed by atoms with Crippen molar-refractivity contribution in [3.05, 3.63) is 71.2 Å². The van der Waals surface area contributed by atoms with Crippen molar-refractivity contribution in [3.8, 4) is 11.3 Å². The van der Waals surface area contributed by atoms with Crippen LogP contribution in [0.5, 0.6) is 0 Å². The first-order chi connectivity index (χ1) is 14.1. The highest BCUT2D eigenvalue weighted by Gasteiger charge is 2.22. The van der Waals surface area contributed by atoms with Crippen LogP contribution in [-0.4, -0.2) is 0 Å². The van der Waals surface area contributed by atoms with E-state index in [1.54, 1.807) is 6.07 Å². The minimum absolute atomic E-state index is 0.197. The fourth-order valence-corrected chi connectivity index (χ4v) is 3.47. The molecule has 3 heteroatoms. The van der Waals surface area contributed by atoms with Crippen LogP contribution in [0, 0.1) is 13.5 Å². The lowest BCUT2D eigenvalue weighted by molar-refractivity contribution is -0.660. The van der Waals surface area contributed by atoms with E-state index >= 15 is 0 Å². The Hall–Kier alpha value is -3.12. The van der Waals surface area contributed by atoms with Crippen LogP contribution in [0.2, 0.25) is 0 Å². The molecule has 4 rings (SSSR count). The van der Waals surface area contributed by atoms with Gasteiger partial charge in [0.2, 0.25) is 5.69 Å². The van der Waals surface area contributed by atoms with Gasteiger partial charge >= 0.3 is 0 Å². The van der Waals surface area contributed by atoms with E-state index in [0.717, 1.165) is 22.2 Å². The molecule has 26 heavy (non-hydrogen) atoms. The highest BCUT2D eigenvalue weighted by atomic mass is 16.3. The third kappa shape index (κ3) is 2.38. The molecule has 0 N–H and O–H groups in total. The van der Waals surface area contributed by atoms with E-state index in [1.807, 2.05) is 55.1 Å². The van der Waals surface area contributed by atoms with E-state index in [2.05, 4.69) is 4.85 Å². The molecule has 4 aromatic rings. The van der Waals surface area contributed by atoms with E-state index in [9.17, 15) is 0 Å². The van der Waals surface area contributed by atoms with Gasteiger partial charge in [0.25, 0.3) is 0 Å². The number of furan rings is 1. The Labute approximate surface area is 158 Å². The van der Waals surface area contributed by atoms with E-state index in [4.69, 9.17) is 16.5 Å². The normalized spacial score (nSPS) is 16.4. The first-order valence-electron chi connectivity index (χ1n) is 10.4. The average Bonchev–Trinajstić information content (AvgIpc) is 3.05. The van der Waals surface area contributed by atoms with Gasteiger partial charge in [-0.25, -0.2) is 9.41 Å². The predicted molar refractivity (Wildman–Crippen MR) is 105 cm³/mol. The molecule has 128 valence electrons. The number of pyridine rings is 1. The molecule has 0 radical (unpaired) electrons. The highest BCUT2D eigenvalue weighted by Crippen LogP contribution is 2.41. The van der Waals surface area contributed by atoms with Gasteiger partial charge in [-0.3, -0.25) is 0 Å². The average molecular weight is 345 g/mol. The second-order valence-corrected chi connectivity index (χ2v) is 6.54. The van der Waals surface area contributed by atoms with Gasteiger partial charge in [-0.15, -0.1) is 0 Å². The van der Waals surface area contributed by atoms with Crippen LogP contribution in [0.15, 0.2) is 53.1 Å². The fourth-order valence-electron chi connectivity index (χ4n) is 3.47. The van der Waals surface area contributed by atoms with E-state index < -0.39 is 12.7 Å². The third-order valence-electron chi connectivity index (χ3n) is 4.78. The van der Waals surface area contributed by atoms with Crippen LogP contribution in [0.4, 0.5) is 5.69 Å². The zero-order valence-electron chi connectivity index (χ0n) is 18.9. The van der Waals surface area contributed by atoms with E-state index in [0.29, 0.717) is 16.6 Å². The molecule has 3 nitrogen and oxygen atoms in total. The van der Waals surface area contributed by atoms with Gasteiger partial charge in [0.05, 0.1) is 12.1 Å². The van der Waals surface area contributed by atoms with Crippen molar-refractivity contribution in [1.82, 2.24) is 0 Å². The highest BCUT2D eigenvalue weighted by molar-refractivity contribution is 6.11.